The van der Waals surface area contributed by atoms with Crippen LogP contribution in [0.15, 0.2) is 46.6 Å². The molecule has 1 aromatic carbocycles. The first-order valence-electron chi connectivity index (χ1n) is 9.36. The Morgan fingerprint density at radius 2 is 2.25 bits per heavy atom. The van der Waals surface area contributed by atoms with E-state index in [9.17, 15) is 9.90 Å². The number of benzene rings is 1. The highest BCUT2D eigenvalue weighted by atomic mass is 32.1. The van der Waals surface area contributed by atoms with E-state index in [-0.39, 0.29) is 17.2 Å². The van der Waals surface area contributed by atoms with Crippen molar-refractivity contribution in [2.45, 2.75) is 25.3 Å². The number of hydrogen-bond donors (Lipinski definition) is 2. The van der Waals surface area contributed by atoms with Crippen molar-refractivity contribution >= 4 is 11.3 Å². The average molecular weight is 398 g/mol. The van der Waals surface area contributed by atoms with Crippen molar-refractivity contribution in [3.05, 3.63) is 63.4 Å². The van der Waals surface area contributed by atoms with Crippen LogP contribution in [0.2, 0.25) is 0 Å². The van der Waals surface area contributed by atoms with Gasteiger partial charge in [-0.05, 0) is 36.9 Å². The van der Waals surface area contributed by atoms with Crippen LogP contribution in [0.1, 0.15) is 30.0 Å². The number of methoxy groups -OCH3 is 1. The zero-order chi connectivity index (χ0) is 19.5. The van der Waals surface area contributed by atoms with Gasteiger partial charge in [0, 0.05) is 36.7 Å². The highest BCUT2D eigenvalue weighted by molar-refractivity contribution is 7.13. The van der Waals surface area contributed by atoms with Crippen LogP contribution in [0, 0.1) is 0 Å². The lowest BCUT2D eigenvalue weighted by molar-refractivity contribution is 0.196. The number of aromatic nitrogens is 2. The van der Waals surface area contributed by atoms with Crippen LogP contribution < -0.4 is 10.3 Å². The monoisotopic (exact) mass is 397 g/mol. The predicted octanol–water partition coefficient (Wildman–Crippen LogP) is 3.59. The molecule has 1 fully saturated rings. The number of likely N-dealkylation sites (tertiary alicyclic amines) is 1. The fourth-order valence-corrected chi connectivity index (χ4v) is 4.37. The van der Waals surface area contributed by atoms with E-state index in [1.165, 1.54) is 0 Å². The summed E-state index contributed by atoms with van der Waals surface area (Å²) in [6, 6.07) is 10.9. The van der Waals surface area contributed by atoms with Crippen molar-refractivity contribution in [3.63, 3.8) is 0 Å². The van der Waals surface area contributed by atoms with Gasteiger partial charge in [0.2, 0.25) is 0 Å². The molecule has 1 aliphatic heterocycles. The summed E-state index contributed by atoms with van der Waals surface area (Å²) in [5.74, 6) is 1.74. The molecule has 0 spiro atoms. The molecule has 1 aliphatic rings. The number of hydrogen-bond acceptors (Lipinski definition) is 6. The number of aromatic amines is 1. The van der Waals surface area contributed by atoms with Crippen LogP contribution in [0.3, 0.4) is 0 Å². The summed E-state index contributed by atoms with van der Waals surface area (Å²) < 4.78 is 5.15. The highest BCUT2D eigenvalue weighted by Gasteiger charge is 2.24. The standard InChI is InChI=1S/C21H23N3O3S/c1-27-16-7-6-15(18(25)10-16)13-24-8-2-4-14(12-24)17-11-20(26)23-21(22-17)19-5-3-9-28-19/h3,5-7,9-11,14,25H,2,4,8,12-13H2,1H3,(H,22,23,26)/t14-/m0/s1. The van der Waals surface area contributed by atoms with E-state index in [0.717, 1.165) is 42.1 Å². The Bertz CT molecular complexity index is 1000. The molecule has 1 atom stereocenters. The summed E-state index contributed by atoms with van der Waals surface area (Å²) >= 11 is 1.57. The molecule has 0 radical (unpaired) electrons. The molecule has 0 bridgehead atoms. The second-order valence-corrected chi connectivity index (χ2v) is 8.01. The molecule has 0 aliphatic carbocycles. The topological polar surface area (TPSA) is 78.5 Å². The van der Waals surface area contributed by atoms with Crippen LogP contribution in [0.4, 0.5) is 0 Å². The van der Waals surface area contributed by atoms with E-state index in [0.29, 0.717) is 18.1 Å². The van der Waals surface area contributed by atoms with Gasteiger partial charge in [0.25, 0.3) is 5.56 Å². The number of nitrogens with one attached hydrogen (secondary N) is 1. The molecular formula is C21H23N3O3S. The largest absolute Gasteiger partial charge is 0.507 e. The quantitative estimate of drug-likeness (QED) is 0.688. The minimum atomic E-state index is -0.113. The molecule has 4 rings (SSSR count). The molecule has 0 unspecified atom stereocenters. The van der Waals surface area contributed by atoms with Gasteiger partial charge in [-0.25, -0.2) is 4.98 Å². The van der Waals surface area contributed by atoms with Gasteiger partial charge in [-0.2, -0.15) is 0 Å². The Kier molecular flexibility index (Phi) is 5.45. The molecule has 3 aromatic rings. The third kappa shape index (κ3) is 4.10. The maximum absolute atomic E-state index is 12.2. The predicted molar refractivity (Wildman–Crippen MR) is 110 cm³/mol. The van der Waals surface area contributed by atoms with Crippen LogP contribution in [0.25, 0.3) is 10.7 Å². The van der Waals surface area contributed by atoms with Gasteiger partial charge in [-0.1, -0.05) is 12.1 Å². The maximum atomic E-state index is 12.2. The average Bonchev–Trinajstić information content (AvgIpc) is 3.24. The summed E-state index contributed by atoms with van der Waals surface area (Å²) in [6.45, 7) is 2.43. The van der Waals surface area contributed by atoms with Gasteiger partial charge in [0.15, 0.2) is 0 Å². The molecule has 2 aromatic heterocycles. The van der Waals surface area contributed by atoms with E-state index >= 15 is 0 Å². The number of piperidine rings is 1. The van der Waals surface area contributed by atoms with Gasteiger partial charge in [-0.15, -0.1) is 11.3 Å². The number of phenolic OH excluding ortho intramolecular Hbond substituents is 1. The highest BCUT2D eigenvalue weighted by Crippen LogP contribution is 2.30. The third-order valence-electron chi connectivity index (χ3n) is 5.13. The van der Waals surface area contributed by atoms with Gasteiger partial charge >= 0.3 is 0 Å². The minimum Gasteiger partial charge on any atom is -0.507 e. The molecule has 3 heterocycles. The van der Waals surface area contributed by atoms with Crippen molar-refractivity contribution in [2.24, 2.45) is 0 Å². The molecule has 0 saturated carbocycles. The lowest BCUT2D eigenvalue weighted by Gasteiger charge is -2.32. The van der Waals surface area contributed by atoms with E-state index in [2.05, 4.69) is 9.88 Å². The second-order valence-electron chi connectivity index (χ2n) is 7.07. The maximum Gasteiger partial charge on any atom is 0.251 e. The summed E-state index contributed by atoms with van der Waals surface area (Å²) in [6.07, 6.45) is 2.04. The van der Waals surface area contributed by atoms with Gasteiger partial charge in [-0.3, -0.25) is 9.69 Å². The first-order chi connectivity index (χ1) is 13.6. The Morgan fingerprint density at radius 3 is 3.00 bits per heavy atom. The number of ether oxygens (including phenoxy) is 1. The minimum absolute atomic E-state index is 0.113. The number of H-pyrrole nitrogens is 1. The van der Waals surface area contributed by atoms with Gasteiger partial charge < -0.3 is 14.8 Å². The van der Waals surface area contributed by atoms with E-state index in [4.69, 9.17) is 9.72 Å². The Morgan fingerprint density at radius 1 is 1.36 bits per heavy atom. The first-order valence-corrected chi connectivity index (χ1v) is 10.2. The molecule has 0 amide bonds. The molecule has 28 heavy (non-hydrogen) atoms. The zero-order valence-corrected chi connectivity index (χ0v) is 16.5. The van der Waals surface area contributed by atoms with Crippen molar-refractivity contribution in [2.75, 3.05) is 20.2 Å². The van der Waals surface area contributed by atoms with E-state index < -0.39 is 0 Å². The van der Waals surface area contributed by atoms with Crippen LogP contribution in [0.5, 0.6) is 11.5 Å². The van der Waals surface area contributed by atoms with Gasteiger partial charge in [0.05, 0.1) is 17.7 Å². The number of aromatic hydroxyl groups is 1. The molecular weight excluding hydrogens is 374 g/mol. The third-order valence-corrected chi connectivity index (χ3v) is 6.00. The second kappa shape index (κ2) is 8.16. The van der Waals surface area contributed by atoms with Crippen molar-refractivity contribution in [1.29, 1.82) is 0 Å². The van der Waals surface area contributed by atoms with Crippen LogP contribution in [-0.2, 0) is 6.54 Å². The van der Waals surface area contributed by atoms with Crippen LogP contribution in [-0.4, -0.2) is 40.2 Å². The lowest BCUT2D eigenvalue weighted by atomic mass is 9.94. The summed E-state index contributed by atoms with van der Waals surface area (Å²) in [5.41, 5.74) is 1.61. The zero-order valence-electron chi connectivity index (χ0n) is 15.7. The Hall–Kier alpha value is -2.64. The number of thiophene rings is 1. The smallest absolute Gasteiger partial charge is 0.251 e. The van der Waals surface area contributed by atoms with Crippen LogP contribution >= 0.6 is 11.3 Å². The number of rotatable bonds is 5. The van der Waals surface area contributed by atoms with Crippen molar-refractivity contribution < 1.29 is 9.84 Å². The SMILES string of the molecule is COc1ccc(CN2CCC[C@H](c3cc(=O)[nH]c(-c4cccs4)n3)C2)c(O)c1. The molecule has 146 valence electrons. The fourth-order valence-electron chi connectivity index (χ4n) is 3.70. The van der Waals surface area contributed by atoms with E-state index in [1.807, 2.05) is 29.6 Å². The van der Waals surface area contributed by atoms with Crippen molar-refractivity contribution in [1.82, 2.24) is 14.9 Å². The number of nitrogens with zero attached hydrogens (tertiary/aromatic N) is 2. The lowest BCUT2D eigenvalue weighted by Crippen LogP contribution is -2.34. The molecule has 2 N–H and O–H groups in total. The summed E-state index contributed by atoms with van der Waals surface area (Å²) in [7, 11) is 1.59. The Balaban J connectivity index is 1.52. The normalized spacial score (nSPS) is 17.5. The first kappa shape index (κ1) is 18.7. The Labute approximate surface area is 167 Å². The molecule has 6 nitrogen and oxygen atoms in total. The van der Waals surface area contributed by atoms with Crippen molar-refractivity contribution in [3.8, 4) is 22.2 Å². The summed E-state index contributed by atoms with van der Waals surface area (Å²) in [5, 5.41) is 12.2. The summed E-state index contributed by atoms with van der Waals surface area (Å²) in [4.78, 5) is 23.0. The number of phenols is 1. The molecule has 7 heteroatoms. The fraction of sp³-hybridized carbons (Fsp3) is 0.333. The molecule has 1 saturated heterocycles. The van der Waals surface area contributed by atoms with E-state index in [1.54, 1.807) is 30.6 Å². The van der Waals surface area contributed by atoms with Gasteiger partial charge in [0.1, 0.15) is 17.3 Å².